The Balaban J connectivity index is 1.43. The summed E-state index contributed by atoms with van der Waals surface area (Å²) in [5.41, 5.74) is 3.87. The van der Waals surface area contributed by atoms with Gasteiger partial charge in [0, 0.05) is 23.7 Å². The molecule has 0 aliphatic carbocycles. The van der Waals surface area contributed by atoms with Crippen LogP contribution < -0.4 is 5.32 Å². The Bertz CT molecular complexity index is 1140. The lowest BCUT2D eigenvalue weighted by Gasteiger charge is -2.36. The van der Waals surface area contributed by atoms with Crippen molar-refractivity contribution in [1.29, 1.82) is 0 Å². The molecule has 3 aromatic carbocycles. The van der Waals surface area contributed by atoms with Gasteiger partial charge in [0.25, 0.3) is 5.91 Å². The summed E-state index contributed by atoms with van der Waals surface area (Å²) in [5.74, 6) is 0.269. The third kappa shape index (κ3) is 6.12. The molecule has 0 spiro atoms. The molecular formula is C30H33ClN2O2. The zero-order valence-electron chi connectivity index (χ0n) is 20.4. The molecule has 4 nitrogen and oxygen atoms in total. The molecule has 1 aliphatic rings. The van der Waals surface area contributed by atoms with Crippen molar-refractivity contribution in [2.24, 2.45) is 5.92 Å². The summed E-state index contributed by atoms with van der Waals surface area (Å²) in [5, 5.41) is 3.80. The van der Waals surface area contributed by atoms with E-state index in [1.165, 1.54) is 5.56 Å². The summed E-state index contributed by atoms with van der Waals surface area (Å²) < 4.78 is 0. The first-order chi connectivity index (χ1) is 17.0. The van der Waals surface area contributed by atoms with E-state index in [-0.39, 0.29) is 17.7 Å². The summed E-state index contributed by atoms with van der Waals surface area (Å²) in [6.45, 7) is 5.47. The fraction of sp³-hybridized carbons (Fsp3) is 0.333. The maximum absolute atomic E-state index is 13.5. The molecule has 2 atom stereocenters. The Morgan fingerprint density at radius 3 is 2.26 bits per heavy atom. The van der Waals surface area contributed by atoms with Crippen LogP contribution in [0, 0.1) is 5.92 Å². The highest BCUT2D eigenvalue weighted by Crippen LogP contribution is 2.29. The Morgan fingerprint density at radius 1 is 0.943 bits per heavy atom. The van der Waals surface area contributed by atoms with Crippen LogP contribution in [0.15, 0.2) is 78.9 Å². The van der Waals surface area contributed by atoms with Gasteiger partial charge in [-0.15, -0.1) is 0 Å². The molecule has 2 amide bonds. The summed E-state index contributed by atoms with van der Waals surface area (Å²) in [6.07, 6.45) is 2.63. The van der Waals surface area contributed by atoms with E-state index in [1.807, 2.05) is 72.5 Å². The van der Waals surface area contributed by atoms with Crippen molar-refractivity contribution in [3.05, 3.63) is 95.0 Å². The lowest BCUT2D eigenvalue weighted by molar-refractivity contribution is -0.135. The van der Waals surface area contributed by atoms with Gasteiger partial charge in [0.15, 0.2) is 0 Å². The number of amides is 2. The maximum atomic E-state index is 13.5. The quantitative estimate of drug-likeness (QED) is 0.409. The van der Waals surface area contributed by atoms with Crippen molar-refractivity contribution in [1.82, 2.24) is 10.2 Å². The highest BCUT2D eigenvalue weighted by molar-refractivity contribution is 6.30. The number of rotatable bonds is 7. The van der Waals surface area contributed by atoms with E-state index in [1.54, 1.807) is 6.07 Å². The zero-order chi connectivity index (χ0) is 24.8. The average Bonchev–Trinajstić information content (AvgIpc) is 2.92. The number of hydrogen-bond acceptors (Lipinski definition) is 2. The molecule has 0 radical (unpaired) electrons. The standard InChI is InChI=1S/C30H33ClN2O2/c1-3-21(2)28(30(35)33-18-16-24(17-19-33)23-12-14-27(31)15-13-23)32-29(34)26-11-7-10-25(20-26)22-8-5-4-6-9-22/h4-15,20-21,24,28H,3,16-19H2,1-2H3,(H,32,34). The van der Waals surface area contributed by atoms with Gasteiger partial charge in [-0.25, -0.2) is 0 Å². The van der Waals surface area contributed by atoms with Crippen molar-refractivity contribution in [2.75, 3.05) is 13.1 Å². The average molecular weight is 489 g/mol. The highest BCUT2D eigenvalue weighted by Gasteiger charge is 2.32. The first kappa shape index (κ1) is 25.0. The second-order valence-corrected chi connectivity index (χ2v) is 9.87. The molecule has 1 aliphatic heterocycles. The van der Waals surface area contributed by atoms with Gasteiger partial charge < -0.3 is 10.2 Å². The molecule has 1 N–H and O–H groups in total. The normalized spacial score (nSPS) is 15.9. The van der Waals surface area contributed by atoms with Gasteiger partial charge in [0.05, 0.1) is 0 Å². The lowest BCUT2D eigenvalue weighted by Crippen LogP contribution is -2.53. The molecule has 1 saturated heterocycles. The fourth-order valence-corrected chi connectivity index (χ4v) is 4.87. The summed E-state index contributed by atoms with van der Waals surface area (Å²) in [6, 6.07) is 25.0. The molecule has 0 saturated carbocycles. The first-order valence-corrected chi connectivity index (χ1v) is 12.8. The van der Waals surface area contributed by atoms with Crippen molar-refractivity contribution >= 4 is 23.4 Å². The van der Waals surface area contributed by atoms with Crippen LogP contribution >= 0.6 is 11.6 Å². The topological polar surface area (TPSA) is 49.4 Å². The molecule has 2 unspecified atom stereocenters. The van der Waals surface area contributed by atoms with E-state index in [2.05, 4.69) is 24.4 Å². The molecule has 5 heteroatoms. The number of nitrogens with zero attached hydrogens (tertiary/aromatic N) is 1. The predicted molar refractivity (Wildman–Crippen MR) is 143 cm³/mol. The second kappa shape index (κ2) is 11.5. The van der Waals surface area contributed by atoms with Crippen molar-refractivity contribution in [2.45, 2.75) is 45.1 Å². The Labute approximate surface area is 213 Å². The SMILES string of the molecule is CCC(C)C(NC(=O)c1cccc(-c2ccccc2)c1)C(=O)N1CCC(c2ccc(Cl)cc2)CC1. The third-order valence-electron chi connectivity index (χ3n) is 7.15. The number of halogens is 1. The molecular weight excluding hydrogens is 456 g/mol. The van der Waals surface area contributed by atoms with Gasteiger partial charge in [-0.3, -0.25) is 9.59 Å². The lowest BCUT2D eigenvalue weighted by atomic mass is 9.88. The van der Waals surface area contributed by atoms with E-state index in [9.17, 15) is 9.59 Å². The number of benzene rings is 3. The van der Waals surface area contributed by atoms with Crippen LogP contribution in [0.4, 0.5) is 0 Å². The van der Waals surface area contributed by atoms with Crippen LogP contribution in [0.1, 0.15) is 54.9 Å². The Morgan fingerprint density at radius 2 is 1.60 bits per heavy atom. The smallest absolute Gasteiger partial charge is 0.251 e. The minimum Gasteiger partial charge on any atom is -0.341 e. The molecule has 1 heterocycles. The maximum Gasteiger partial charge on any atom is 0.251 e. The highest BCUT2D eigenvalue weighted by atomic mass is 35.5. The minimum absolute atomic E-state index is 0.0153. The molecule has 35 heavy (non-hydrogen) atoms. The van der Waals surface area contributed by atoms with Crippen molar-refractivity contribution in [3.8, 4) is 11.1 Å². The number of likely N-dealkylation sites (tertiary alicyclic amines) is 1. The number of carbonyl (C=O) groups is 2. The van der Waals surface area contributed by atoms with Crippen LogP contribution in [0.3, 0.4) is 0 Å². The number of piperidine rings is 1. The third-order valence-corrected chi connectivity index (χ3v) is 7.40. The van der Waals surface area contributed by atoms with Gasteiger partial charge in [-0.2, -0.15) is 0 Å². The number of carbonyl (C=O) groups excluding carboxylic acids is 2. The summed E-state index contributed by atoms with van der Waals surface area (Å²) >= 11 is 6.03. The van der Waals surface area contributed by atoms with Crippen molar-refractivity contribution in [3.63, 3.8) is 0 Å². The van der Waals surface area contributed by atoms with E-state index in [0.29, 0.717) is 24.6 Å². The van der Waals surface area contributed by atoms with Crippen LogP contribution in [0.25, 0.3) is 11.1 Å². The monoisotopic (exact) mass is 488 g/mol. The molecule has 182 valence electrons. The molecule has 0 bridgehead atoms. The minimum atomic E-state index is -0.542. The van der Waals surface area contributed by atoms with Crippen LogP contribution in [-0.4, -0.2) is 35.8 Å². The van der Waals surface area contributed by atoms with Crippen LogP contribution in [-0.2, 0) is 4.79 Å². The predicted octanol–water partition coefficient (Wildman–Crippen LogP) is 6.56. The molecule has 3 aromatic rings. The van der Waals surface area contributed by atoms with Gasteiger partial charge in [-0.05, 0) is 65.6 Å². The Hall–Kier alpha value is -3.11. The van der Waals surface area contributed by atoms with E-state index < -0.39 is 6.04 Å². The summed E-state index contributed by atoms with van der Waals surface area (Å²) in [4.78, 5) is 28.7. The largest absolute Gasteiger partial charge is 0.341 e. The van der Waals surface area contributed by atoms with Crippen LogP contribution in [0.2, 0.25) is 5.02 Å². The van der Waals surface area contributed by atoms with E-state index >= 15 is 0 Å². The van der Waals surface area contributed by atoms with Gasteiger partial charge in [-0.1, -0.05) is 86.5 Å². The first-order valence-electron chi connectivity index (χ1n) is 12.5. The number of hydrogen-bond donors (Lipinski definition) is 1. The Kier molecular flexibility index (Phi) is 8.25. The number of nitrogens with one attached hydrogen (secondary N) is 1. The van der Waals surface area contributed by atoms with Crippen molar-refractivity contribution < 1.29 is 9.59 Å². The van der Waals surface area contributed by atoms with Gasteiger partial charge in [0.2, 0.25) is 5.91 Å². The van der Waals surface area contributed by atoms with E-state index in [0.717, 1.165) is 35.4 Å². The molecule has 4 rings (SSSR count). The van der Waals surface area contributed by atoms with E-state index in [4.69, 9.17) is 11.6 Å². The summed E-state index contributed by atoms with van der Waals surface area (Å²) in [7, 11) is 0. The van der Waals surface area contributed by atoms with Crippen LogP contribution in [0.5, 0.6) is 0 Å². The fourth-order valence-electron chi connectivity index (χ4n) is 4.74. The van der Waals surface area contributed by atoms with Gasteiger partial charge >= 0.3 is 0 Å². The second-order valence-electron chi connectivity index (χ2n) is 9.43. The zero-order valence-corrected chi connectivity index (χ0v) is 21.2. The molecule has 0 aromatic heterocycles. The molecule has 1 fully saturated rings. The van der Waals surface area contributed by atoms with Gasteiger partial charge in [0.1, 0.15) is 6.04 Å².